The molecule has 0 aromatic heterocycles. The maximum absolute atomic E-state index is 11.6. The van der Waals surface area contributed by atoms with Crippen LogP contribution < -0.4 is 5.32 Å². The lowest BCUT2D eigenvalue weighted by atomic mass is 10.3. The van der Waals surface area contributed by atoms with Crippen molar-refractivity contribution in [3.63, 3.8) is 0 Å². The van der Waals surface area contributed by atoms with Crippen LogP contribution in [-0.4, -0.2) is 42.9 Å². The molecule has 0 rings (SSSR count). The molecular formula is C8H15NO5S. The minimum atomic E-state index is -3.74. The van der Waals surface area contributed by atoms with Gasteiger partial charge in [-0.3, -0.25) is 9.59 Å². The fourth-order valence-electron chi connectivity index (χ4n) is 1.06. The molecule has 15 heavy (non-hydrogen) atoms. The van der Waals surface area contributed by atoms with E-state index in [-0.39, 0.29) is 0 Å². The standard InChI is InChI=1S/C8H15NO5S/c1-5(4-7(10)11)15(13,14)6(2)8(12)9-3/h5-6H,4H2,1-3H3,(H,9,12)(H,10,11). The second-order valence-electron chi connectivity index (χ2n) is 3.25. The summed E-state index contributed by atoms with van der Waals surface area (Å²) in [5.74, 6) is -1.83. The van der Waals surface area contributed by atoms with Crippen LogP contribution in [-0.2, 0) is 19.4 Å². The number of carboxylic acids is 1. The van der Waals surface area contributed by atoms with Crippen molar-refractivity contribution >= 4 is 21.7 Å². The average molecular weight is 237 g/mol. The molecule has 7 heteroatoms. The lowest BCUT2D eigenvalue weighted by molar-refractivity contribution is -0.137. The normalized spacial score (nSPS) is 15.4. The van der Waals surface area contributed by atoms with E-state index in [0.29, 0.717) is 0 Å². The van der Waals surface area contributed by atoms with E-state index < -0.39 is 38.6 Å². The Bertz CT molecular complexity index is 348. The Morgan fingerprint density at radius 1 is 1.33 bits per heavy atom. The van der Waals surface area contributed by atoms with E-state index >= 15 is 0 Å². The van der Waals surface area contributed by atoms with E-state index in [1.54, 1.807) is 0 Å². The molecule has 1 amide bonds. The van der Waals surface area contributed by atoms with Crippen LogP contribution in [0.5, 0.6) is 0 Å². The first-order valence-corrected chi connectivity index (χ1v) is 6.00. The first-order chi connectivity index (χ1) is 6.73. The van der Waals surface area contributed by atoms with Crippen molar-refractivity contribution in [2.24, 2.45) is 0 Å². The Labute approximate surface area is 88.6 Å². The van der Waals surface area contributed by atoms with Gasteiger partial charge in [0.05, 0.1) is 11.7 Å². The zero-order valence-corrected chi connectivity index (χ0v) is 9.67. The summed E-state index contributed by atoms with van der Waals surface area (Å²) in [4.78, 5) is 21.5. The molecular weight excluding hydrogens is 222 g/mol. The number of hydrogen-bond acceptors (Lipinski definition) is 4. The number of aliphatic carboxylic acids is 1. The summed E-state index contributed by atoms with van der Waals surface area (Å²) in [5.41, 5.74) is 0. The maximum atomic E-state index is 11.6. The van der Waals surface area contributed by atoms with Crippen LogP contribution in [0.25, 0.3) is 0 Å². The van der Waals surface area contributed by atoms with Gasteiger partial charge in [-0.1, -0.05) is 0 Å². The summed E-state index contributed by atoms with van der Waals surface area (Å²) >= 11 is 0. The largest absolute Gasteiger partial charge is 0.481 e. The van der Waals surface area contributed by atoms with Crippen LogP contribution in [0, 0.1) is 0 Å². The van der Waals surface area contributed by atoms with Gasteiger partial charge in [0.25, 0.3) is 0 Å². The third kappa shape index (κ3) is 3.50. The number of amides is 1. The van der Waals surface area contributed by atoms with Gasteiger partial charge >= 0.3 is 5.97 Å². The smallest absolute Gasteiger partial charge is 0.304 e. The van der Waals surface area contributed by atoms with E-state index in [0.717, 1.165) is 0 Å². The van der Waals surface area contributed by atoms with Crippen molar-refractivity contribution < 1.29 is 23.1 Å². The molecule has 2 N–H and O–H groups in total. The fourth-order valence-corrected chi connectivity index (χ4v) is 2.55. The number of sulfone groups is 1. The molecule has 0 aromatic rings. The van der Waals surface area contributed by atoms with Crippen LogP contribution in [0.4, 0.5) is 0 Å². The van der Waals surface area contributed by atoms with Gasteiger partial charge in [0.1, 0.15) is 5.25 Å². The Morgan fingerprint density at radius 3 is 2.13 bits per heavy atom. The van der Waals surface area contributed by atoms with Crippen molar-refractivity contribution in [3.05, 3.63) is 0 Å². The van der Waals surface area contributed by atoms with E-state index in [2.05, 4.69) is 5.32 Å². The number of nitrogens with one attached hydrogen (secondary N) is 1. The molecule has 0 saturated carbocycles. The Hall–Kier alpha value is -1.11. The molecule has 0 aliphatic heterocycles. The summed E-state index contributed by atoms with van der Waals surface area (Å²) in [6, 6.07) is 0. The van der Waals surface area contributed by atoms with Gasteiger partial charge in [0, 0.05) is 7.05 Å². The second kappa shape index (κ2) is 5.11. The number of rotatable bonds is 5. The number of hydrogen-bond donors (Lipinski definition) is 2. The molecule has 0 aliphatic carbocycles. The highest BCUT2D eigenvalue weighted by molar-refractivity contribution is 7.93. The van der Waals surface area contributed by atoms with Crippen LogP contribution in [0.2, 0.25) is 0 Å². The number of carbonyl (C=O) groups is 2. The van der Waals surface area contributed by atoms with Crippen LogP contribution >= 0.6 is 0 Å². The molecule has 0 saturated heterocycles. The molecule has 88 valence electrons. The lowest BCUT2D eigenvalue weighted by Gasteiger charge is -2.15. The second-order valence-corrected chi connectivity index (χ2v) is 5.94. The van der Waals surface area contributed by atoms with E-state index in [4.69, 9.17) is 5.11 Å². The highest BCUT2D eigenvalue weighted by Crippen LogP contribution is 2.12. The number of carbonyl (C=O) groups excluding carboxylic acids is 1. The predicted octanol–water partition coefficient (Wildman–Crippen LogP) is -0.601. The Kier molecular flexibility index (Phi) is 4.73. The van der Waals surface area contributed by atoms with Crippen LogP contribution in [0.1, 0.15) is 20.3 Å². The van der Waals surface area contributed by atoms with Gasteiger partial charge in [-0.2, -0.15) is 0 Å². The quantitative estimate of drug-likeness (QED) is 0.665. The fraction of sp³-hybridized carbons (Fsp3) is 0.750. The van der Waals surface area contributed by atoms with Gasteiger partial charge in [-0.05, 0) is 13.8 Å². The highest BCUT2D eigenvalue weighted by atomic mass is 32.2. The highest BCUT2D eigenvalue weighted by Gasteiger charge is 2.33. The summed E-state index contributed by atoms with van der Waals surface area (Å²) in [6.07, 6.45) is -0.496. The molecule has 0 fully saturated rings. The topological polar surface area (TPSA) is 101 Å². The summed E-state index contributed by atoms with van der Waals surface area (Å²) in [6.45, 7) is 2.52. The molecule has 2 atom stereocenters. The lowest BCUT2D eigenvalue weighted by Crippen LogP contribution is -2.40. The maximum Gasteiger partial charge on any atom is 0.304 e. The van der Waals surface area contributed by atoms with Gasteiger partial charge < -0.3 is 10.4 Å². The van der Waals surface area contributed by atoms with Crippen molar-refractivity contribution in [1.29, 1.82) is 0 Å². The molecule has 0 spiro atoms. The van der Waals surface area contributed by atoms with Gasteiger partial charge in [-0.15, -0.1) is 0 Å². The molecule has 0 bridgehead atoms. The molecule has 0 heterocycles. The average Bonchev–Trinajstić information content (AvgIpc) is 2.14. The van der Waals surface area contributed by atoms with Crippen LogP contribution in [0.15, 0.2) is 0 Å². The predicted molar refractivity (Wildman–Crippen MR) is 54.2 cm³/mol. The third-order valence-corrected chi connectivity index (χ3v) is 4.62. The van der Waals surface area contributed by atoms with Crippen molar-refractivity contribution in [2.75, 3.05) is 7.05 Å². The third-order valence-electron chi connectivity index (χ3n) is 2.13. The zero-order chi connectivity index (χ0) is 12.2. The molecule has 2 unspecified atom stereocenters. The summed E-state index contributed by atoms with van der Waals surface area (Å²) < 4.78 is 23.3. The molecule has 0 aliphatic rings. The SMILES string of the molecule is CNC(=O)C(C)S(=O)(=O)C(C)CC(=O)O. The van der Waals surface area contributed by atoms with E-state index in [9.17, 15) is 18.0 Å². The van der Waals surface area contributed by atoms with Gasteiger partial charge in [0.15, 0.2) is 9.84 Å². The van der Waals surface area contributed by atoms with E-state index in [1.807, 2.05) is 0 Å². The molecule has 0 radical (unpaired) electrons. The van der Waals surface area contributed by atoms with E-state index in [1.165, 1.54) is 20.9 Å². The minimum Gasteiger partial charge on any atom is -0.481 e. The molecule has 6 nitrogen and oxygen atoms in total. The van der Waals surface area contributed by atoms with Gasteiger partial charge in [-0.25, -0.2) is 8.42 Å². The summed E-state index contributed by atoms with van der Waals surface area (Å²) in [7, 11) is -2.41. The van der Waals surface area contributed by atoms with Crippen molar-refractivity contribution in [1.82, 2.24) is 5.32 Å². The monoisotopic (exact) mass is 237 g/mol. The Morgan fingerprint density at radius 2 is 1.80 bits per heavy atom. The zero-order valence-electron chi connectivity index (χ0n) is 8.85. The first-order valence-electron chi connectivity index (χ1n) is 4.39. The summed E-state index contributed by atoms with van der Waals surface area (Å²) in [5, 5.41) is 8.38. The minimum absolute atomic E-state index is 0.496. The number of carboxylic acid groups (broad SMARTS) is 1. The van der Waals surface area contributed by atoms with Crippen LogP contribution in [0.3, 0.4) is 0 Å². The first kappa shape index (κ1) is 13.9. The van der Waals surface area contributed by atoms with Crippen molar-refractivity contribution in [2.45, 2.75) is 30.8 Å². The van der Waals surface area contributed by atoms with Gasteiger partial charge in [0.2, 0.25) is 5.91 Å². The Balaban J connectivity index is 4.82. The van der Waals surface area contributed by atoms with Crippen molar-refractivity contribution in [3.8, 4) is 0 Å². The molecule has 0 aromatic carbocycles.